The van der Waals surface area contributed by atoms with E-state index >= 15 is 0 Å². The average molecular weight is 573 g/mol. The first-order chi connectivity index (χ1) is 19.6. The summed E-state index contributed by atoms with van der Waals surface area (Å²) in [6.07, 6.45) is -0.136. The van der Waals surface area contributed by atoms with E-state index in [0.29, 0.717) is 37.1 Å². The van der Waals surface area contributed by atoms with E-state index in [9.17, 15) is 22.8 Å². The Kier molecular flexibility index (Phi) is 8.01. The van der Waals surface area contributed by atoms with Gasteiger partial charge in [0.25, 0.3) is 11.8 Å². The molecule has 11 nitrogen and oxygen atoms in total. The number of amides is 2. The Bertz CT molecular complexity index is 1440. The molecule has 14 heteroatoms. The maximum absolute atomic E-state index is 13.8. The number of rotatable bonds is 9. The van der Waals surface area contributed by atoms with E-state index in [4.69, 9.17) is 4.74 Å². The number of benzene rings is 1. The van der Waals surface area contributed by atoms with Gasteiger partial charge in [-0.15, -0.1) is 0 Å². The van der Waals surface area contributed by atoms with Crippen LogP contribution in [0.3, 0.4) is 0 Å². The molecule has 2 aliphatic rings. The van der Waals surface area contributed by atoms with Gasteiger partial charge in [-0.05, 0) is 57.1 Å². The Morgan fingerprint density at radius 1 is 1.15 bits per heavy atom. The third-order valence-corrected chi connectivity index (χ3v) is 7.20. The maximum Gasteiger partial charge on any atom is 0.421 e. The Morgan fingerprint density at radius 3 is 2.66 bits per heavy atom. The lowest BCUT2D eigenvalue weighted by Gasteiger charge is -2.23. The number of nitrogens with zero attached hydrogens (tertiary/aromatic N) is 4. The van der Waals surface area contributed by atoms with Crippen molar-refractivity contribution < 1.29 is 27.5 Å². The Balaban J connectivity index is 1.34. The summed E-state index contributed by atoms with van der Waals surface area (Å²) in [6, 6.07) is 6.42. The minimum atomic E-state index is -4.75. The van der Waals surface area contributed by atoms with Crippen molar-refractivity contribution in [2.45, 2.75) is 38.5 Å². The number of fused-ring (bicyclic) bond motifs is 1. The second-order valence-corrected chi connectivity index (χ2v) is 9.95. The van der Waals surface area contributed by atoms with Crippen LogP contribution >= 0.6 is 0 Å². The zero-order valence-electron chi connectivity index (χ0n) is 22.6. The summed E-state index contributed by atoms with van der Waals surface area (Å²) in [5.74, 6) is -1.05. The van der Waals surface area contributed by atoms with Gasteiger partial charge in [0.1, 0.15) is 22.8 Å². The van der Waals surface area contributed by atoms with Crippen molar-refractivity contribution in [2.75, 3.05) is 43.9 Å². The number of ether oxygens (including phenoxy) is 1. The molecule has 1 fully saturated rings. The second kappa shape index (κ2) is 11.6. The van der Waals surface area contributed by atoms with Crippen molar-refractivity contribution in [3.8, 4) is 5.75 Å². The first kappa shape index (κ1) is 28.2. The molecular formula is C27H31F3N8O3. The van der Waals surface area contributed by atoms with Crippen LogP contribution in [0.2, 0.25) is 0 Å². The lowest BCUT2D eigenvalue weighted by molar-refractivity contribution is -0.137. The highest BCUT2D eigenvalue weighted by Crippen LogP contribution is 2.37. The van der Waals surface area contributed by atoms with Crippen LogP contribution in [0, 0.1) is 0 Å². The van der Waals surface area contributed by atoms with Gasteiger partial charge in [0.2, 0.25) is 5.95 Å². The normalized spacial score (nSPS) is 16.1. The van der Waals surface area contributed by atoms with E-state index in [2.05, 4.69) is 43.1 Å². The fourth-order valence-corrected chi connectivity index (χ4v) is 4.97. The molecule has 0 bridgehead atoms. The van der Waals surface area contributed by atoms with Crippen LogP contribution in [0.1, 0.15) is 46.2 Å². The predicted octanol–water partition coefficient (Wildman–Crippen LogP) is 3.75. The minimum absolute atomic E-state index is 0.145. The summed E-state index contributed by atoms with van der Waals surface area (Å²) in [5.41, 5.74) is 0.0165. The SMILES string of the molecule is COc1cc(C(=O)NC[C@@H](C)N2CCCC2)ccc1Nc1ncc(C(F)(F)F)c(Nc2ccn3c2C(=O)NCC3)n1. The van der Waals surface area contributed by atoms with Gasteiger partial charge in [0.05, 0.1) is 18.5 Å². The number of hydrogen-bond donors (Lipinski definition) is 4. The third-order valence-electron chi connectivity index (χ3n) is 7.20. The molecule has 0 saturated carbocycles. The second-order valence-electron chi connectivity index (χ2n) is 9.95. The van der Waals surface area contributed by atoms with Crippen molar-refractivity contribution in [2.24, 2.45) is 0 Å². The number of likely N-dealkylation sites (tertiary alicyclic amines) is 1. The van der Waals surface area contributed by atoms with Gasteiger partial charge < -0.3 is 30.6 Å². The largest absolute Gasteiger partial charge is 0.495 e. The highest BCUT2D eigenvalue weighted by Gasteiger charge is 2.36. The summed E-state index contributed by atoms with van der Waals surface area (Å²) >= 11 is 0. The zero-order valence-corrected chi connectivity index (χ0v) is 22.6. The van der Waals surface area contributed by atoms with E-state index in [1.54, 1.807) is 22.9 Å². The molecule has 3 aromatic rings. The standard InChI is InChI=1S/C27H31F3N8O3/c1-16(37-9-3-4-10-37)14-32-24(39)17-5-6-19(21(13-17)41-2)35-26-33-15-18(27(28,29)30)23(36-26)34-20-7-11-38-12-8-31-25(40)22(20)38/h5-7,11,13,15-16H,3-4,8-10,12,14H2,1-2H3,(H,31,40)(H,32,39)(H2,33,34,35,36)/t16-/m1/s1. The van der Waals surface area contributed by atoms with E-state index in [-0.39, 0.29) is 35.0 Å². The van der Waals surface area contributed by atoms with Gasteiger partial charge in [-0.3, -0.25) is 14.5 Å². The number of hydrogen-bond acceptors (Lipinski definition) is 8. The monoisotopic (exact) mass is 572 g/mol. The topological polar surface area (TPSA) is 125 Å². The molecule has 2 amide bonds. The number of carbonyl (C=O) groups is 2. The Hall–Kier alpha value is -4.33. The van der Waals surface area contributed by atoms with Crippen LogP contribution < -0.4 is 26.0 Å². The Morgan fingerprint density at radius 2 is 1.93 bits per heavy atom. The highest BCUT2D eigenvalue weighted by atomic mass is 19.4. The average Bonchev–Trinajstić information content (AvgIpc) is 3.63. The van der Waals surface area contributed by atoms with Gasteiger partial charge in [-0.1, -0.05) is 0 Å². The van der Waals surface area contributed by atoms with Crippen molar-refractivity contribution in [3.63, 3.8) is 0 Å². The predicted molar refractivity (Wildman–Crippen MR) is 146 cm³/mol. The molecular weight excluding hydrogens is 541 g/mol. The van der Waals surface area contributed by atoms with E-state index in [1.165, 1.54) is 19.2 Å². The molecule has 0 aliphatic carbocycles. The van der Waals surface area contributed by atoms with Crippen molar-refractivity contribution in [3.05, 3.63) is 53.5 Å². The van der Waals surface area contributed by atoms with Crippen molar-refractivity contribution in [1.29, 1.82) is 0 Å². The van der Waals surface area contributed by atoms with Crippen LogP contribution in [0.4, 0.5) is 36.3 Å². The molecule has 0 unspecified atom stereocenters. The van der Waals surface area contributed by atoms with Gasteiger partial charge in [-0.25, -0.2) is 4.98 Å². The van der Waals surface area contributed by atoms with Gasteiger partial charge in [0, 0.05) is 43.6 Å². The van der Waals surface area contributed by atoms with E-state index in [1.807, 2.05) is 0 Å². The highest BCUT2D eigenvalue weighted by molar-refractivity contribution is 5.99. The molecule has 1 aromatic carbocycles. The molecule has 41 heavy (non-hydrogen) atoms. The maximum atomic E-state index is 13.8. The molecule has 0 radical (unpaired) electrons. The number of aromatic nitrogens is 3. The van der Waals surface area contributed by atoms with Gasteiger partial charge in [-0.2, -0.15) is 18.2 Å². The molecule has 0 spiro atoms. The number of halogens is 3. The lowest BCUT2D eigenvalue weighted by atomic mass is 10.1. The van der Waals surface area contributed by atoms with Crippen molar-refractivity contribution in [1.82, 2.24) is 30.1 Å². The smallest absolute Gasteiger partial charge is 0.421 e. The molecule has 218 valence electrons. The summed E-state index contributed by atoms with van der Waals surface area (Å²) in [6.45, 7) is 5.55. The zero-order chi connectivity index (χ0) is 29.1. The summed E-state index contributed by atoms with van der Waals surface area (Å²) in [7, 11) is 1.42. The van der Waals surface area contributed by atoms with Crippen LogP contribution in [0.5, 0.6) is 5.75 Å². The van der Waals surface area contributed by atoms with Crippen LogP contribution in [0.25, 0.3) is 0 Å². The van der Waals surface area contributed by atoms with Crippen LogP contribution in [-0.4, -0.2) is 70.6 Å². The first-order valence-corrected chi connectivity index (χ1v) is 13.3. The van der Waals surface area contributed by atoms with Gasteiger partial charge >= 0.3 is 6.18 Å². The molecule has 2 aliphatic heterocycles. The van der Waals surface area contributed by atoms with Crippen molar-refractivity contribution >= 4 is 35.0 Å². The molecule has 2 aromatic heterocycles. The van der Waals surface area contributed by atoms with Gasteiger partial charge in [0.15, 0.2) is 0 Å². The fraction of sp³-hybridized carbons (Fsp3) is 0.407. The summed E-state index contributed by atoms with van der Waals surface area (Å²) in [4.78, 5) is 35.4. The fourth-order valence-electron chi connectivity index (χ4n) is 4.97. The molecule has 4 heterocycles. The number of anilines is 4. The number of carbonyl (C=O) groups excluding carboxylic acids is 2. The molecule has 4 N–H and O–H groups in total. The van der Waals surface area contributed by atoms with Crippen LogP contribution in [-0.2, 0) is 12.7 Å². The molecule has 1 atom stereocenters. The molecule has 1 saturated heterocycles. The summed E-state index contributed by atoms with van der Waals surface area (Å²) < 4.78 is 48.5. The van der Waals surface area contributed by atoms with E-state index < -0.39 is 23.5 Å². The quantitative estimate of drug-likeness (QED) is 0.306. The number of alkyl halides is 3. The number of nitrogens with one attached hydrogen (secondary N) is 4. The first-order valence-electron chi connectivity index (χ1n) is 13.3. The lowest BCUT2D eigenvalue weighted by Crippen LogP contribution is -2.40. The van der Waals surface area contributed by atoms with Crippen LogP contribution in [0.15, 0.2) is 36.7 Å². The Labute approximate surface area is 234 Å². The van der Waals surface area contributed by atoms with E-state index in [0.717, 1.165) is 25.9 Å². The minimum Gasteiger partial charge on any atom is -0.495 e. The summed E-state index contributed by atoms with van der Waals surface area (Å²) in [5, 5.41) is 11.2. The third kappa shape index (κ3) is 6.21. The number of methoxy groups -OCH3 is 1. The molecule has 5 rings (SSSR count).